The average Bonchev–Trinajstić information content (AvgIpc) is 3.36. The van der Waals surface area contributed by atoms with Gasteiger partial charge in [-0.1, -0.05) is 60.7 Å². The van der Waals surface area contributed by atoms with Crippen molar-refractivity contribution in [3.8, 4) is 0 Å². The van der Waals surface area contributed by atoms with E-state index in [2.05, 4.69) is 10.6 Å². The molecule has 1 saturated heterocycles. The van der Waals surface area contributed by atoms with E-state index in [1.165, 1.54) is 0 Å². The number of benzene rings is 2. The van der Waals surface area contributed by atoms with E-state index >= 15 is 0 Å². The number of aliphatic hydroxyl groups is 1. The quantitative estimate of drug-likeness (QED) is 0.183. The molecule has 4 amide bonds. The Kier molecular flexibility index (Phi) is 12.4. The molecule has 0 bridgehead atoms. The molecule has 5 N–H and O–H groups in total. The lowest BCUT2D eigenvalue weighted by Crippen LogP contribution is -2.73. The Morgan fingerprint density at radius 2 is 1.59 bits per heavy atom. The number of ether oxygens (including phenoxy) is 1. The summed E-state index contributed by atoms with van der Waals surface area (Å²) in [4.78, 5) is 53.4. The Morgan fingerprint density at radius 1 is 1.02 bits per heavy atom. The molecular weight excluding hydrogens is 636 g/mol. The van der Waals surface area contributed by atoms with Crippen molar-refractivity contribution < 1.29 is 41.9 Å². The van der Waals surface area contributed by atoms with Crippen LogP contribution in [0.15, 0.2) is 60.7 Å². The maximum absolute atomic E-state index is 14.3. The van der Waals surface area contributed by atoms with Gasteiger partial charge in [0.1, 0.15) is 29.0 Å². The number of alkyl carbamates (subject to hydrolysis) is 1. The predicted molar refractivity (Wildman–Crippen MR) is 173 cm³/mol. The third kappa shape index (κ3) is 9.50. The molecule has 14 heteroatoms. The van der Waals surface area contributed by atoms with Gasteiger partial charge in [-0.2, -0.15) is 0 Å². The van der Waals surface area contributed by atoms with Gasteiger partial charge in [-0.3, -0.25) is 9.59 Å². The Morgan fingerprint density at radius 3 is 2.11 bits per heavy atom. The number of primary amides is 1. The lowest BCUT2D eigenvalue weighted by Gasteiger charge is -2.47. The minimum atomic E-state index is -3.54. The van der Waals surface area contributed by atoms with E-state index in [-0.39, 0.29) is 32.4 Å². The Hall–Kier alpha value is -3.52. The number of sulfone groups is 1. The molecule has 1 aliphatic heterocycles. The highest BCUT2D eigenvalue weighted by Gasteiger charge is 2.62. The van der Waals surface area contributed by atoms with E-state index in [0.29, 0.717) is 11.1 Å². The third-order valence-corrected chi connectivity index (χ3v) is 9.57. The van der Waals surface area contributed by atoms with Crippen LogP contribution >= 0.6 is 11.6 Å². The van der Waals surface area contributed by atoms with Crippen LogP contribution in [-0.4, -0.2) is 95.5 Å². The summed E-state index contributed by atoms with van der Waals surface area (Å²) in [6.07, 6.45) is -1.97. The van der Waals surface area contributed by atoms with E-state index in [1.807, 2.05) is 0 Å². The number of rotatable bonds is 13. The Labute approximate surface area is 275 Å². The first-order valence-electron chi connectivity index (χ1n) is 15.0. The molecule has 252 valence electrons. The molecule has 2 aromatic carbocycles. The molecule has 2 aromatic rings. The van der Waals surface area contributed by atoms with E-state index < -0.39 is 79.0 Å². The highest BCUT2D eigenvalue weighted by Crippen LogP contribution is 2.40. The van der Waals surface area contributed by atoms with Gasteiger partial charge >= 0.3 is 12.0 Å². The number of aliphatic hydroxyl groups excluding tert-OH is 1. The second-order valence-corrected chi connectivity index (χ2v) is 15.6. The molecule has 0 saturated carbocycles. The topological polar surface area (TPSA) is 182 Å². The second kappa shape index (κ2) is 15.4. The normalized spacial score (nSPS) is 21.9. The maximum atomic E-state index is 14.3. The van der Waals surface area contributed by atoms with Crippen molar-refractivity contribution in [2.75, 3.05) is 18.6 Å². The number of likely N-dealkylation sites (tertiary alicyclic amines) is 1. The number of nitrogens with two attached hydrogens (primary N) is 1. The van der Waals surface area contributed by atoms with E-state index in [4.69, 9.17) is 22.1 Å². The molecule has 1 aliphatic rings. The van der Waals surface area contributed by atoms with Gasteiger partial charge in [0.2, 0.25) is 5.91 Å². The SMILES string of the molecule is CC(C)(C)[N+]1(C(=O)[C@@H](O)[C@H](Cc2ccccc2)NC(=O)[C@H](CCS(C)(=O)=O)NC(=O)OCc2ccccc2)C[C@@H](Cl)C[C@H]1C(N)=O. The molecule has 46 heavy (non-hydrogen) atoms. The van der Waals surface area contributed by atoms with Crippen molar-refractivity contribution in [3.63, 3.8) is 0 Å². The van der Waals surface area contributed by atoms with Crippen LogP contribution in [0.1, 0.15) is 44.7 Å². The van der Waals surface area contributed by atoms with Crippen LogP contribution < -0.4 is 16.4 Å². The van der Waals surface area contributed by atoms with Gasteiger partial charge < -0.3 is 26.2 Å². The molecular formula is C32H44ClN4O8S+. The smallest absolute Gasteiger partial charge is 0.408 e. The zero-order chi connectivity index (χ0) is 34.3. The number of halogens is 1. The minimum Gasteiger partial charge on any atom is -0.445 e. The number of carbonyl (C=O) groups excluding carboxylic acids is 4. The minimum absolute atomic E-state index is 0.00752. The first kappa shape index (κ1) is 36.9. The number of nitrogens with zero attached hydrogens (tertiary/aromatic N) is 1. The fourth-order valence-electron chi connectivity index (χ4n) is 5.89. The first-order chi connectivity index (χ1) is 21.4. The predicted octanol–water partition coefficient (Wildman–Crippen LogP) is 1.81. The van der Waals surface area contributed by atoms with E-state index in [1.54, 1.807) is 81.4 Å². The van der Waals surface area contributed by atoms with Gasteiger partial charge in [0.05, 0.1) is 22.7 Å². The second-order valence-electron chi connectivity index (χ2n) is 12.7. The van der Waals surface area contributed by atoms with Gasteiger partial charge in [0.25, 0.3) is 5.91 Å². The number of amides is 4. The molecule has 0 aliphatic carbocycles. The number of carbonyl (C=O) groups is 4. The van der Waals surface area contributed by atoms with Crippen molar-refractivity contribution in [2.24, 2.45) is 5.73 Å². The lowest BCUT2D eigenvalue weighted by molar-refractivity contribution is -0.904. The largest absolute Gasteiger partial charge is 0.445 e. The first-order valence-corrected chi connectivity index (χ1v) is 17.5. The fraction of sp³-hybridized carbons (Fsp3) is 0.500. The summed E-state index contributed by atoms with van der Waals surface area (Å²) in [5, 5.41) is 16.2. The van der Waals surface area contributed by atoms with Gasteiger partial charge in [0, 0.05) is 12.7 Å². The summed E-state index contributed by atoms with van der Waals surface area (Å²) in [6, 6.07) is 14.0. The zero-order valence-corrected chi connectivity index (χ0v) is 28.1. The van der Waals surface area contributed by atoms with Crippen LogP contribution in [0.25, 0.3) is 0 Å². The highest BCUT2D eigenvalue weighted by molar-refractivity contribution is 7.90. The molecule has 6 atom stereocenters. The zero-order valence-electron chi connectivity index (χ0n) is 26.5. The molecule has 1 fully saturated rings. The average molecular weight is 680 g/mol. The van der Waals surface area contributed by atoms with Crippen molar-refractivity contribution >= 4 is 45.3 Å². The maximum Gasteiger partial charge on any atom is 0.408 e. The molecule has 12 nitrogen and oxygen atoms in total. The van der Waals surface area contributed by atoms with Crippen LogP contribution in [0.5, 0.6) is 0 Å². The van der Waals surface area contributed by atoms with Crippen molar-refractivity contribution in [1.29, 1.82) is 0 Å². The Bertz CT molecular complexity index is 1490. The highest BCUT2D eigenvalue weighted by atomic mass is 35.5. The van der Waals surface area contributed by atoms with Crippen molar-refractivity contribution in [2.45, 2.75) is 81.8 Å². The number of hydrogen-bond acceptors (Lipinski definition) is 8. The van der Waals surface area contributed by atoms with Gasteiger partial charge in [-0.25, -0.2) is 22.5 Å². The molecule has 0 radical (unpaired) electrons. The van der Waals surface area contributed by atoms with E-state index in [9.17, 15) is 32.7 Å². The summed E-state index contributed by atoms with van der Waals surface area (Å²) >= 11 is 6.48. The van der Waals surface area contributed by atoms with Crippen LogP contribution in [-0.2, 0) is 42.0 Å². The fourth-order valence-corrected chi connectivity index (χ4v) is 6.94. The number of quaternary nitrogens is 1. The Balaban J connectivity index is 1.92. The van der Waals surface area contributed by atoms with Gasteiger partial charge in [0.15, 0.2) is 12.1 Å². The van der Waals surface area contributed by atoms with Crippen LogP contribution in [0.2, 0.25) is 0 Å². The standard InChI is InChI=1S/C32H43ClN4O8S/c1-32(2,3)37(19-23(33)18-26(37)28(34)39)30(41)27(38)25(17-21-11-7-5-8-12-21)35-29(40)24(15-16-46(4,43)44)36-31(42)45-20-22-13-9-6-10-14-22/h5-14,23-27,38H,15-20H2,1-4H3,(H3-,34,35,36,39,40,42)/p+1/t23-,24-,25-,26-,27-,37?/m0/s1. The third-order valence-electron chi connectivity index (χ3n) is 8.27. The number of hydrogen-bond donors (Lipinski definition) is 4. The lowest BCUT2D eigenvalue weighted by atomic mass is 9.93. The molecule has 0 aromatic heterocycles. The number of alkyl halides is 1. The summed E-state index contributed by atoms with van der Waals surface area (Å²) in [7, 11) is -3.54. The summed E-state index contributed by atoms with van der Waals surface area (Å²) in [5.41, 5.74) is 6.21. The van der Waals surface area contributed by atoms with Crippen LogP contribution in [0, 0.1) is 0 Å². The summed E-state index contributed by atoms with van der Waals surface area (Å²) in [5.74, 6) is -2.75. The van der Waals surface area contributed by atoms with Gasteiger partial charge in [-0.15, -0.1) is 11.6 Å². The number of nitrogens with one attached hydrogen (secondary N) is 2. The van der Waals surface area contributed by atoms with Crippen molar-refractivity contribution in [1.82, 2.24) is 10.6 Å². The molecule has 1 heterocycles. The van der Waals surface area contributed by atoms with Crippen LogP contribution in [0.3, 0.4) is 0 Å². The molecule has 3 rings (SSSR count). The summed E-state index contributed by atoms with van der Waals surface area (Å²) in [6.45, 7) is 5.19. The van der Waals surface area contributed by atoms with Crippen molar-refractivity contribution in [3.05, 3.63) is 71.8 Å². The molecule has 0 spiro atoms. The van der Waals surface area contributed by atoms with Crippen LogP contribution in [0.4, 0.5) is 4.79 Å². The monoisotopic (exact) mass is 679 g/mol. The summed E-state index contributed by atoms with van der Waals surface area (Å²) < 4.78 is 28.7. The van der Waals surface area contributed by atoms with E-state index in [0.717, 1.165) is 6.26 Å². The van der Waals surface area contributed by atoms with Gasteiger partial charge in [-0.05, 0) is 44.7 Å². The molecule has 1 unspecified atom stereocenters.